The van der Waals surface area contributed by atoms with Gasteiger partial charge in [0, 0.05) is 49.6 Å². The number of hydrogen-bond donors (Lipinski definition) is 1. The molecule has 1 aromatic carbocycles. The van der Waals surface area contributed by atoms with Crippen molar-refractivity contribution in [3.63, 3.8) is 0 Å². The fourth-order valence-electron chi connectivity index (χ4n) is 3.33. The molecule has 1 aromatic heterocycles. The Labute approximate surface area is 181 Å². The fourth-order valence-corrected chi connectivity index (χ4v) is 5.63. The molecule has 0 radical (unpaired) electrons. The van der Waals surface area contributed by atoms with Crippen molar-refractivity contribution in [2.75, 3.05) is 38.0 Å². The number of thiophene rings is 1. The highest BCUT2D eigenvalue weighted by molar-refractivity contribution is 7.89. The van der Waals surface area contributed by atoms with E-state index in [1.54, 1.807) is 24.3 Å². The van der Waals surface area contributed by atoms with Gasteiger partial charge >= 0.3 is 0 Å². The fraction of sp³-hybridized carbons (Fsp3) is 0.429. The van der Waals surface area contributed by atoms with Crippen LogP contribution in [0.2, 0.25) is 0 Å². The van der Waals surface area contributed by atoms with Crippen LogP contribution in [0.15, 0.2) is 41.3 Å². The van der Waals surface area contributed by atoms with Crippen molar-refractivity contribution in [3.8, 4) is 0 Å². The SMILES string of the molecule is CCN1CCN(S(=O)(=O)c2cccc(NC(=O)CCC(=O)c3ccc(C)s3)c2)CC1. The van der Waals surface area contributed by atoms with Gasteiger partial charge in [0.25, 0.3) is 0 Å². The highest BCUT2D eigenvalue weighted by Crippen LogP contribution is 2.22. The summed E-state index contributed by atoms with van der Waals surface area (Å²) in [5.41, 5.74) is 0.410. The molecule has 0 bridgehead atoms. The van der Waals surface area contributed by atoms with E-state index in [1.807, 2.05) is 13.0 Å². The zero-order chi connectivity index (χ0) is 21.7. The third-order valence-electron chi connectivity index (χ3n) is 5.13. The number of benzene rings is 1. The number of nitrogens with zero attached hydrogens (tertiary/aromatic N) is 2. The maximum absolute atomic E-state index is 12.9. The predicted molar refractivity (Wildman–Crippen MR) is 119 cm³/mol. The number of ketones is 1. The summed E-state index contributed by atoms with van der Waals surface area (Å²) in [4.78, 5) is 28.5. The van der Waals surface area contributed by atoms with Gasteiger partial charge in [-0.2, -0.15) is 4.31 Å². The topological polar surface area (TPSA) is 86.8 Å². The zero-order valence-electron chi connectivity index (χ0n) is 17.3. The Hall–Kier alpha value is -2.07. The van der Waals surface area contributed by atoms with Gasteiger partial charge in [-0.25, -0.2) is 8.42 Å². The number of rotatable bonds is 8. The third-order valence-corrected chi connectivity index (χ3v) is 8.06. The smallest absolute Gasteiger partial charge is 0.243 e. The number of carbonyl (C=O) groups is 2. The maximum atomic E-state index is 12.9. The minimum atomic E-state index is -3.61. The minimum Gasteiger partial charge on any atom is -0.326 e. The molecule has 162 valence electrons. The molecule has 9 heteroatoms. The van der Waals surface area contributed by atoms with Crippen molar-refractivity contribution in [2.24, 2.45) is 0 Å². The van der Waals surface area contributed by atoms with E-state index < -0.39 is 10.0 Å². The number of nitrogens with one attached hydrogen (secondary N) is 1. The zero-order valence-corrected chi connectivity index (χ0v) is 18.9. The summed E-state index contributed by atoms with van der Waals surface area (Å²) in [5, 5.41) is 2.71. The third kappa shape index (κ3) is 5.54. The second kappa shape index (κ2) is 9.82. The first kappa shape index (κ1) is 22.6. The van der Waals surface area contributed by atoms with E-state index in [0.29, 0.717) is 36.7 Å². The molecule has 30 heavy (non-hydrogen) atoms. The average Bonchev–Trinajstić information content (AvgIpc) is 3.18. The lowest BCUT2D eigenvalue weighted by Gasteiger charge is -2.33. The van der Waals surface area contributed by atoms with E-state index in [-0.39, 0.29) is 29.4 Å². The summed E-state index contributed by atoms with van der Waals surface area (Å²) < 4.78 is 27.4. The van der Waals surface area contributed by atoms with Gasteiger partial charge in [0.05, 0.1) is 9.77 Å². The number of likely N-dealkylation sites (N-methyl/N-ethyl adjacent to an activating group) is 1. The van der Waals surface area contributed by atoms with Crippen molar-refractivity contribution in [2.45, 2.75) is 31.6 Å². The van der Waals surface area contributed by atoms with Crippen molar-refractivity contribution in [1.82, 2.24) is 9.21 Å². The lowest BCUT2D eigenvalue weighted by atomic mass is 10.2. The molecule has 0 spiro atoms. The highest BCUT2D eigenvalue weighted by Gasteiger charge is 2.28. The largest absolute Gasteiger partial charge is 0.326 e. The minimum absolute atomic E-state index is 0.0474. The maximum Gasteiger partial charge on any atom is 0.243 e. The molecule has 0 aliphatic carbocycles. The first-order valence-corrected chi connectivity index (χ1v) is 12.3. The van der Waals surface area contributed by atoms with Crippen LogP contribution < -0.4 is 5.32 Å². The second-order valence-electron chi connectivity index (χ2n) is 7.25. The predicted octanol–water partition coefficient (Wildman–Crippen LogP) is 2.98. The molecular formula is C21H27N3O4S2. The van der Waals surface area contributed by atoms with E-state index in [1.165, 1.54) is 21.7 Å². The first-order chi connectivity index (χ1) is 14.3. The molecule has 0 unspecified atom stereocenters. The van der Waals surface area contributed by atoms with Gasteiger partial charge in [0.15, 0.2) is 5.78 Å². The monoisotopic (exact) mass is 449 g/mol. The number of piperazine rings is 1. The second-order valence-corrected chi connectivity index (χ2v) is 10.5. The van der Waals surface area contributed by atoms with E-state index in [2.05, 4.69) is 17.1 Å². The van der Waals surface area contributed by atoms with E-state index in [4.69, 9.17) is 0 Å². The summed E-state index contributed by atoms with van der Waals surface area (Å²) in [5.74, 6) is -0.381. The molecular weight excluding hydrogens is 422 g/mol. The summed E-state index contributed by atoms with van der Waals surface area (Å²) >= 11 is 1.42. The van der Waals surface area contributed by atoms with Crippen molar-refractivity contribution >= 4 is 38.7 Å². The average molecular weight is 450 g/mol. The number of sulfonamides is 1. The van der Waals surface area contributed by atoms with Gasteiger partial charge in [-0.3, -0.25) is 9.59 Å². The van der Waals surface area contributed by atoms with Crippen molar-refractivity contribution < 1.29 is 18.0 Å². The van der Waals surface area contributed by atoms with E-state index >= 15 is 0 Å². The van der Waals surface area contributed by atoms with Gasteiger partial charge in [-0.05, 0) is 43.8 Å². The van der Waals surface area contributed by atoms with Crippen LogP contribution in [-0.4, -0.2) is 62.0 Å². The van der Waals surface area contributed by atoms with Gasteiger partial charge in [0.1, 0.15) is 0 Å². The van der Waals surface area contributed by atoms with Gasteiger partial charge in [0.2, 0.25) is 15.9 Å². The Balaban J connectivity index is 1.59. The van der Waals surface area contributed by atoms with E-state index in [0.717, 1.165) is 11.4 Å². The van der Waals surface area contributed by atoms with Crippen LogP contribution in [-0.2, 0) is 14.8 Å². The summed E-state index contributed by atoms with van der Waals surface area (Å²) in [7, 11) is -3.61. The molecule has 1 aliphatic rings. The van der Waals surface area contributed by atoms with Gasteiger partial charge in [-0.1, -0.05) is 13.0 Å². The molecule has 1 N–H and O–H groups in total. The van der Waals surface area contributed by atoms with Crippen LogP contribution in [0.3, 0.4) is 0 Å². The number of carbonyl (C=O) groups excluding carboxylic acids is 2. The lowest BCUT2D eigenvalue weighted by molar-refractivity contribution is -0.116. The molecule has 3 rings (SSSR count). The van der Waals surface area contributed by atoms with Crippen LogP contribution in [0.25, 0.3) is 0 Å². The number of amides is 1. The summed E-state index contributed by atoms with van der Waals surface area (Å²) in [6.45, 7) is 7.23. The standard InChI is InChI=1S/C21H27N3O4S2/c1-3-23-11-13-24(14-12-23)30(27,28)18-6-4-5-17(15-18)22-21(26)10-8-19(25)20-9-7-16(2)29-20/h4-7,9,15H,3,8,10-14H2,1-2H3,(H,22,26). The van der Waals surface area contributed by atoms with E-state index in [9.17, 15) is 18.0 Å². The quantitative estimate of drug-likeness (QED) is 0.626. The molecule has 0 saturated carbocycles. The molecule has 1 saturated heterocycles. The molecule has 7 nitrogen and oxygen atoms in total. The van der Waals surface area contributed by atoms with Gasteiger partial charge in [-0.15, -0.1) is 11.3 Å². The van der Waals surface area contributed by atoms with Crippen molar-refractivity contribution in [1.29, 1.82) is 0 Å². The Morgan fingerprint density at radius 2 is 1.80 bits per heavy atom. The molecule has 1 amide bonds. The van der Waals surface area contributed by atoms with Crippen LogP contribution in [0.5, 0.6) is 0 Å². The Kier molecular flexibility index (Phi) is 7.41. The van der Waals surface area contributed by atoms with Crippen molar-refractivity contribution in [3.05, 3.63) is 46.2 Å². The lowest BCUT2D eigenvalue weighted by Crippen LogP contribution is -2.48. The summed E-state index contributed by atoms with van der Waals surface area (Å²) in [6.07, 6.45) is 0.164. The number of aryl methyl sites for hydroxylation is 1. The Morgan fingerprint density at radius 3 is 2.43 bits per heavy atom. The Bertz CT molecular complexity index is 1010. The first-order valence-electron chi connectivity index (χ1n) is 10.0. The molecule has 0 atom stereocenters. The van der Waals surface area contributed by atoms with Gasteiger partial charge < -0.3 is 10.2 Å². The van der Waals surface area contributed by atoms with Crippen LogP contribution in [0.4, 0.5) is 5.69 Å². The molecule has 2 aromatic rings. The number of anilines is 1. The van der Waals surface area contributed by atoms with Crippen LogP contribution in [0.1, 0.15) is 34.3 Å². The Morgan fingerprint density at radius 1 is 1.07 bits per heavy atom. The van der Waals surface area contributed by atoms with Crippen LogP contribution >= 0.6 is 11.3 Å². The number of Topliss-reactive ketones (excluding diaryl/α,β-unsaturated/α-hetero) is 1. The summed E-state index contributed by atoms with van der Waals surface area (Å²) in [6, 6.07) is 9.94. The molecule has 1 aliphatic heterocycles. The van der Waals surface area contributed by atoms with Crippen LogP contribution in [0, 0.1) is 6.92 Å². The normalized spacial score (nSPS) is 15.8. The molecule has 2 heterocycles. The molecule has 1 fully saturated rings. The number of hydrogen-bond acceptors (Lipinski definition) is 6. The highest BCUT2D eigenvalue weighted by atomic mass is 32.2.